The molecule has 0 unspecified atom stereocenters. The van der Waals surface area contributed by atoms with Gasteiger partial charge in [0.1, 0.15) is 11.5 Å². The van der Waals surface area contributed by atoms with Crippen LogP contribution in [0, 0.1) is 5.41 Å². The molecule has 18 heavy (non-hydrogen) atoms. The van der Waals surface area contributed by atoms with E-state index in [0.717, 1.165) is 17.7 Å². The number of hydrogen-bond donors (Lipinski definition) is 1. The lowest BCUT2D eigenvalue weighted by atomic mass is 9.82. The smallest absolute Gasteiger partial charge is 0.134 e. The molecule has 1 N–H and O–H groups in total. The Labute approximate surface area is 107 Å². The normalized spacial score (nSPS) is 20.4. The highest BCUT2D eigenvalue weighted by molar-refractivity contribution is 5.79. The highest BCUT2D eigenvalue weighted by Crippen LogP contribution is 2.51. The van der Waals surface area contributed by atoms with Crippen LogP contribution in [0.5, 0.6) is 5.75 Å². The van der Waals surface area contributed by atoms with E-state index >= 15 is 0 Å². The zero-order valence-corrected chi connectivity index (χ0v) is 10.6. The molecule has 2 heteroatoms. The van der Waals surface area contributed by atoms with Gasteiger partial charge < -0.3 is 9.84 Å². The number of ether oxygens (including phenoxy) is 1. The van der Waals surface area contributed by atoms with Crippen molar-refractivity contribution in [2.45, 2.75) is 20.3 Å². The van der Waals surface area contributed by atoms with Crippen molar-refractivity contribution in [2.24, 2.45) is 5.41 Å². The molecule has 1 aromatic carbocycles. The summed E-state index contributed by atoms with van der Waals surface area (Å²) in [6.07, 6.45) is 6.77. The molecule has 0 saturated carbocycles. The van der Waals surface area contributed by atoms with Crippen LogP contribution in [-0.4, -0.2) is 5.11 Å². The zero-order valence-electron chi connectivity index (χ0n) is 10.6. The molecular weight excluding hydrogens is 224 g/mol. The zero-order chi connectivity index (χ0) is 12.8. The monoisotopic (exact) mass is 240 g/mol. The summed E-state index contributed by atoms with van der Waals surface area (Å²) in [4.78, 5) is 0. The van der Waals surface area contributed by atoms with Crippen LogP contribution in [0.25, 0.3) is 5.57 Å². The van der Waals surface area contributed by atoms with E-state index in [1.807, 2.05) is 18.2 Å². The van der Waals surface area contributed by atoms with Gasteiger partial charge >= 0.3 is 0 Å². The number of fused-ring (bicyclic) bond motifs is 1. The molecule has 0 spiro atoms. The Morgan fingerprint density at radius 1 is 1.17 bits per heavy atom. The molecule has 0 bridgehead atoms. The number of phenols is 1. The molecule has 0 atom stereocenters. The van der Waals surface area contributed by atoms with Crippen LogP contribution in [0.2, 0.25) is 0 Å². The number of hydrogen-bond acceptors (Lipinski definition) is 2. The molecule has 92 valence electrons. The molecule has 0 fully saturated rings. The molecule has 3 rings (SSSR count). The number of phenolic OH excluding ortho intramolecular Hbond substituents is 1. The fraction of sp³-hybridized carbons (Fsp3) is 0.250. The van der Waals surface area contributed by atoms with E-state index in [-0.39, 0.29) is 5.41 Å². The second kappa shape index (κ2) is 3.77. The third-order valence-electron chi connectivity index (χ3n) is 3.55. The van der Waals surface area contributed by atoms with Crippen LogP contribution in [-0.2, 0) is 4.74 Å². The topological polar surface area (TPSA) is 29.5 Å². The first-order valence-corrected chi connectivity index (χ1v) is 6.15. The second-order valence-corrected chi connectivity index (χ2v) is 5.45. The van der Waals surface area contributed by atoms with E-state index < -0.39 is 0 Å². The van der Waals surface area contributed by atoms with Gasteiger partial charge in [-0.05, 0) is 41.2 Å². The first kappa shape index (κ1) is 11.1. The van der Waals surface area contributed by atoms with Gasteiger partial charge in [-0.25, -0.2) is 0 Å². The van der Waals surface area contributed by atoms with Crippen LogP contribution in [0.4, 0.5) is 0 Å². The molecule has 0 aromatic heterocycles. The molecule has 2 nitrogen and oxygen atoms in total. The van der Waals surface area contributed by atoms with E-state index in [9.17, 15) is 5.11 Å². The maximum absolute atomic E-state index is 9.39. The Bertz CT molecular complexity index is 572. The fourth-order valence-corrected chi connectivity index (χ4v) is 2.79. The standard InChI is InChI=1S/C16H16O2/c1-16(2)10-12-4-3-9-18-15(12)14(16)11-5-7-13(17)8-6-11/h3-9,17H,10H2,1-2H3. The van der Waals surface area contributed by atoms with Crippen molar-refractivity contribution in [1.29, 1.82) is 0 Å². The van der Waals surface area contributed by atoms with Gasteiger partial charge in [0.2, 0.25) is 0 Å². The summed E-state index contributed by atoms with van der Waals surface area (Å²) in [5.41, 5.74) is 3.65. The van der Waals surface area contributed by atoms with Crippen molar-refractivity contribution >= 4 is 5.57 Å². The Morgan fingerprint density at radius 3 is 2.61 bits per heavy atom. The fourth-order valence-electron chi connectivity index (χ4n) is 2.79. The first-order valence-electron chi connectivity index (χ1n) is 6.15. The molecule has 0 amide bonds. The van der Waals surface area contributed by atoms with Crippen LogP contribution in [0.1, 0.15) is 25.8 Å². The largest absolute Gasteiger partial charge is 0.508 e. The molecule has 0 saturated heterocycles. The maximum atomic E-state index is 9.39. The molecule has 1 aliphatic carbocycles. The third kappa shape index (κ3) is 1.65. The van der Waals surface area contributed by atoms with Gasteiger partial charge in [-0.3, -0.25) is 0 Å². The molecule has 1 heterocycles. The maximum Gasteiger partial charge on any atom is 0.134 e. The Balaban J connectivity index is 2.16. The predicted octanol–water partition coefficient (Wildman–Crippen LogP) is 4.00. The molecule has 1 aromatic rings. The van der Waals surface area contributed by atoms with E-state index in [0.29, 0.717) is 5.75 Å². The second-order valence-electron chi connectivity index (χ2n) is 5.45. The molecule has 2 aliphatic rings. The van der Waals surface area contributed by atoms with Gasteiger partial charge in [0.05, 0.1) is 6.26 Å². The lowest BCUT2D eigenvalue weighted by Gasteiger charge is -2.22. The van der Waals surface area contributed by atoms with Gasteiger partial charge in [0, 0.05) is 5.57 Å². The van der Waals surface area contributed by atoms with E-state index in [1.54, 1.807) is 18.4 Å². The minimum Gasteiger partial charge on any atom is -0.508 e. The van der Waals surface area contributed by atoms with Crippen LogP contribution < -0.4 is 0 Å². The van der Waals surface area contributed by atoms with Gasteiger partial charge in [-0.2, -0.15) is 0 Å². The SMILES string of the molecule is CC1(C)CC2=CC=COC2=C1c1ccc(O)cc1. The summed E-state index contributed by atoms with van der Waals surface area (Å²) >= 11 is 0. The molecule has 0 radical (unpaired) electrons. The average molecular weight is 240 g/mol. The number of aromatic hydroxyl groups is 1. The summed E-state index contributed by atoms with van der Waals surface area (Å²) in [7, 11) is 0. The lowest BCUT2D eigenvalue weighted by Crippen LogP contribution is -2.09. The summed E-state index contributed by atoms with van der Waals surface area (Å²) in [5.74, 6) is 1.27. The molecular formula is C16H16O2. The number of benzene rings is 1. The summed E-state index contributed by atoms with van der Waals surface area (Å²) in [6.45, 7) is 4.45. The van der Waals surface area contributed by atoms with Gasteiger partial charge in [-0.15, -0.1) is 0 Å². The van der Waals surface area contributed by atoms with Gasteiger partial charge in [0.25, 0.3) is 0 Å². The Kier molecular flexibility index (Phi) is 2.34. The molecule has 1 aliphatic heterocycles. The van der Waals surface area contributed by atoms with Crippen molar-refractivity contribution in [3.63, 3.8) is 0 Å². The number of rotatable bonds is 1. The van der Waals surface area contributed by atoms with Gasteiger partial charge in [-0.1, -0.05) is 32.1 Å². The minimum absolute atomic E-state index is 0.0597. The van der Waals surface area contributed by atoms with Crippen molar-refractivity contribution in [1.82, 2.24) is 0 Å². The van der Waals surface area contributed by atoms with Crippen LogP contribution in [0.3, 0.4) is 0 Å². The quantitative estimate of drug-likeness (QED) is 0.803. The highest BCUT2D eigenvalue weighted by Gasteiger charge is 2.38. The third-order valence-corrected chi connectivity index (χ3v) is 3.55. The number of allylic oxidation sites excluding steroid dienone is 4. The van der Waals surface area contributed by atoms with E-state index in [2.05, 4.69) is 19.9 Å². The lowest BCUT2D eigenvalue weighted by molar-refractivity contribution is 0.361. The van der Waals surface area contributed by atoms with Crippen LogP contribution >= 0.6 is 0 Å². The average Bonchev–Trinajstić information content (AvgIpc) is 2.60. The minimum atomic E-state index is 0.0597. The van der Waals surface area contributed by atoms with Crippen molar-refractivity contribution < 1.29 is 9.84 Å². The van der Waals surface area contributed by atoms with E-state index in [4.69, 9.17) is 4.74 Å². The highest BCUT2D eigenvalue weighted by atomic mass is 16.5. The van der Waals surface area contributed by atoms with Crippen LogP contribution in [0.15, 0.2) is 54.0 Å². The first-order chi connectivity index (χ1) is 8.58. The summed E-state index contributed by atoms with van der Waals surface area (Å²) in [6, 6.07) is 7.34. The van der Waals surface area contributed by atoms with Crippen molar-refractivity contribution in [2.75, 3.05) is 0 Å². The van der Waals surface area contributed by atoms with Crippen molar-refractivity contribution in [3.05, 3.63) is 59.6 Å². The summed E-state index contributed by atoms with van der Waals surface area (Å²) in [5, 5.41) is 9.39. The van der Waals surface area contributed by atoms with Crippen molar-refractivity contribution in [3.8, 4) is 5.75 Å². The van der Waals surface area contributed by atoms with Gasteiger partial charge in [0.15, 0.2) is 0 Å². The predicted molar refractivity (Wildman–Crippen MR) is 71.7 cm³/mol. The Morgan fingerprint density at radius 2 is 1.89 bits per heavy atom. The Hall–Kier alpha value is -1.96. The van der Waals surface area contributed by atoms with E-state index in [1.165, 1.54) is 11.1 Å². The summed E-state index contributed by atoms with van der Waals surface area (Å²) < 4.78 is 5.70.